The van der Waals surface area contributed by atoms with Crippen LogP contribution in [0.2, 0.25) is 0 Å². The second-order valence-electron chi connectivity index (χ2n) is 6.34. The first-order valence-corrected chi connectivity index (χ1v) is 8.43. The Balaban J connectivity index is 1.83. The van der Waals surface area contributed by atoms with Crippen molar-refractivity contribution in [3.8, 4) is 0 Å². The fourth-order valence-corrected chi connectivity index (χ4v) is 3.44. The quantitative estimate of drug-likeness (QED) is 0.861. The van der Waals surface area contributed by atoms with Crippen LogP contribution >= 0.6 is 0 Å². The van der Waals surface area contributed by atoms with Crippen molar-refractivity contribution < 1.29 is 9.32 Å². The molecule has 1 aliphatic rings. The summed E-state index contributed by atoms with van der Waals surface area (Å²) in [5, 5.41) is 3.96. The number of rotatable bonds is 3. The van der Waals surface area contributed by atoms with Crippen molar-refractivity contribution in [2.75, 3.05) is 6.54 Å². The smallest absolute Gasteiger partial charge is 0.227 e. The van der Waals surface area contributed by atoms with Gasteiger partial charge in [-0.05, 0) is 32.3 Å². The molecule has 1 aromatic heterocycles. The number of amides is 1. The van der Waals surface area contributed by atoms with Crippen molar-refractivity contribution in [1.82, 2.24) is 10.1 Å². The number of aromatic nitrogens is 1. The number of hydrogen-bond donors (Lipinski definition) is 0. The molecule has 0 saturated carbocycles. The molecule has 1 fully saturated rings. The molecule has 0 N–H and O–H groups in total. The van der Waals surface area contributed by atoms with Gasteiger partial charge >= 0.3 is 0 Å². The summed E-state index contributed by atoms with van der Waals surface area (Å²) in [5.41, 5.74) is 2.99. The largest absolute Gasteiger partial charge is 0.361 e. The lowest BCUT2D eigenvalue weighted by molar-refractivity contribution is -0.133. The van der Waals surface area contributed by atoms with E-state index < -0.39 is 0 Å². The normalized spacial score (nSPS) is 18.7. The van der Waals surface area contributed by atoms with Crippen LogP contribution in [0.5, 0.6) is 0 Å². The highest BCUT2D eigenvalue weighted by atomic mass is 16.5. The highest BCUT2D eigenvalue weighted by molar-refractivity contribution is 5.79. The van der Waals surface area contributed by atoms with E-state index in [4.69, 9.17) is 4.52 Å². The van der Waals surface area contributed by atoms with E-state index in [0.717, 1.165) is 36.4 Å². The van der Waals surface area contributed by atoms with Gasteiger partial charge in [0.2, 0.25) is 5.91 Å². The topological polar surface area (TPSA) is 46.3 Å². The van der Waals surface area contributed by atoms with Crippen molar-refractivity contribution in [3.63, 3.8) is 0 Å². The number of benzene rings is 1. The van der Waals surface area contributed by atoms with E-state index in [0.29, 0.717) is 6.42 Å². The van der Waals surface area contributed by atoms with Gasteiger partial charge in [-0.15, -0.1) is 0 Å². The predicted octanol–water partition coefficient (Wildman–Crippen LogP) is 3.98. The van der Waals surface area contributed by atoms with Crippen molar-refractivity contribution in [2.24, 2.45) is 0 Å². The molecule has 0 aliphatic carbocycles. The zero-order valence-electron chi connectivity index (χ0n) is 13.9. The molecule has 3 rings (SSSR count). The standard InChI is InChI=1S/C19H24N2O2/c1-14-17(15(2)23-20-14)13-19(22)21-12-8-4-7-11-18(21)16-9-5-3-6-10-16/h3,5-6,9-10,18H,4,7-8,11-13H2,1-2H3. The number of aryl methyl sites for hydroxylation is 2. The van der Waals surface area contributed by atoms with E-state index in [-0.39, 0.29) is 11.9 Å². The van der Waals surface area contributed by atoms with Crippen molar-refractivity contribution in [3.05, 3.63) is 52.9 Å². The fraction of sp³-hybridized carbons (Fsp3) is 0.474. The van der Waals surface area contributed by atoms with Gasteiger partial charge in [-0.25, -0.2) is 0 Å². The molecule has 2 heterocycles. The Hall–Kier alpha value is -2.10. The number of nitrogens with zero attached hydrogens (tertiary/aromatic N) is 2. The van der Waals surface area contributed by atoms with Crippen LogP contribution in [0, 0.1) is 13.8 Å². The molecule has 4 heteroatoms. The lowest BCUT2D eigenvalue weighted by Crippen LogP contribution is -2.36. The highest BCUT2D eigenvalue weighted by Crippen LogP contribution is 2.31. The van der Waals surface area contributed by atoms with Crippen LogP contribution in [-0.2, 0) is 11.2 Å². The van der Waals surface area contributed by atoms with Gasteiger partial charge in [0.25, 0.3) is 0 Å². The summed E-state index contributed by atoms with van der Waals surface area (Å²) < 4.78 is 5.20. The number of hydrogen-bond acceptors (Lipinski definition) is 3. The first-order valence-electron chi connectivity index (χ1n) is 8.43. The van der Waals surface area contributed by atoms with Gasteiger partial charge in [0.1, 0.15) is 5.76 Å². The van der Waals surface area contributed by atoms with Gasteiger partial charge in [-0.2, -0.15) is 0 Å². The van der Waals surface area contributed by atoms with E-state index in [1.54, 1.807) is 0 Å². The average molecular weight is 312 g/mol. The van der Waals surface area contributed by atoms with E-state index in [1.807, 2.05) is 19.9 Å². The lowest BCUT2D eigenvalue weighted by atomic mass is 10.00. The number of carbonyl (C=O) groups excluding carboxylic acids is 1. The molecule has 1 amide bonds. The summed E-state index contributed by atoms with van der Waals surface area (Å²) in [7, 11) is 0. The molecule has 1 unspecified atom stereocenters. The van der Waals surface area contributed by atoms with Gasteiger partial charge in [-0.3, -0.25) is 4.79 Å². The Morgan fingerprint density at radius 2 is 2.00 bits per heavy atom. The molecule has 4 nitrogen and oxygen atoms in total. The number of likely N-dealkylation sites (tertiary alicyclic amines) is 1. The SMILES string of the molecule is Cc1noc(C)c1CC(=O)N1CCCCCC1c1ccccc1. The van der Waals surface area contributed by atoms with Gasteiger partial charge < -0.3 is 9.42 Å². The molecule has 1 aromatic carbocycles. The zero-order chi connectivity index (χ0) is 16.2. The maximum Gasteiger partial charge on any atom is 0.227 e. The van der Waals surface area contributed by atoms with Crippen LogP contribution in [0.3, 0.4) is 0 Å². The van der Waals surface area contributed by atoms with Crippen LogP contribution < -0.4 is 0 Å². The van der Waals surface area contributed by atoms with Crippen LogP contribution in [0.1, 0.15) is 54.3 Å². The van der Waals surface area contributed by atoms with Crippen LogP contribution in [0.15, 0.2) is 34.9 Å². The molecular weight excluding hydrogens is 288 g/mol. The zero-order valence-corrected chi connectivity index (χ0v) is 13.9. The van der Waals surface area contributed by atoms with Crippen LogP contribution in [0.4, 0.5) is 0 Å². The third-order valence-electron chi connectivity index (χ3n) is 4.77. The summed E-state index contributed by atoms with van der Waals surface area (Å²) >= 11 is 0. The van der Waals surface area contributed by atoms with Crippen molar-refractivity contribution in [1.29, 1.82) is 0 Å². The van der Waals surface area contributed by atoms with Gasteiger partial charge in [0.05, 0.1) is 18.2 Å². The maximum absolute atomic E-state index is 13.0. The van der Waals surface area contributed by atoms with E-state index >= 15 is 0 Å². The summed E-state index contributed by atoms with van der Waals surface area (Å²) in [5.74, 6) is 0.928. The van der Waals surface area contributed by atoms with E-state index in [2.05, 4.69) is 34.3 Å². The molecule has 1 aliphatic heterocycles. The minimum absolute atomic E-state index is 0.176. The Labute approximate surface area is 137 Å². The van der Waals surface area contributed by atoms with Crippen molar-refractivity contribution in [2.45, 2.75) is 52.0 Å². The first kappa shape index (κ1) is 15.8. The van der Waals surface area contributed by atoms with Crippen LogP contribution in [0.25, 0.3) is 0 Å². The Bertz CT molecular complexity index is 644. The fourth-order valence-electron chi connectivity index (χ4n) is 3.44. The van der Waals surface area contributed by atoms with Gasteiger partial charge in [0, 0.05) is 12.1 Å². The molecule has 0 spiro atoms. The molecular formula is C19H24N2O2. The first-order chi connectivity index (χ1) is 11.2. The summed E-state index contributed by atoms with van der Waals surface area (Å²) in [6.07, 6.45) is 4.87. The molecule has 0 bridgehead atoms. The summed E-state index contributed by atoms with van der Waals surface area (Å²) in [6.45, 7) is 4.61. The minimum Gasteiger partial charge on any atom is -0.361 e. The molecule has 1 atom stereocenters. The maximum atomic E-state index is 13.0. The molecule has 23 heavy (non-hydrogen) atoms. The van der Waals surface area contributed by atoms with Gasteiger partial charge in [-0.1, -0.05) is 48.3 Å². The lowest BCUT2D eigenvalue weighted by Gasteiger charge is -2.30. The number of carbonyl (C=O) groups is 1. The third kappa shape index (κ3) is 3.46. The summed E-state index contributed by atoms with van der Waals surface area (Å²) in [6, 6.07) is 10.6. The monoisotopic (exact) mass is 312 g/mol. The second-order valence-corrected chi connectivity index (χ2v) is 6.34. The Morgan fingerprint density at radius 3 is 2.70 bits per heavy atom. The third-order valence-corrected chi connectivity index (χ3v) is 4.77. The van der Waals surface area contributed by atoms with E-state index in [1.165, 1.54) is 18.4 Å². The predicted molar refractivity (Wildman–Crippen MR) is 89.0 cm³/mol. The van der Waals surface area contributed by atoms with Gasteiger partial charge in [0.15, 0.2) is 0 Å². The molecule has 0 radical (unpaired) electrons. The minimum atomic E-state index is 0.176. The molecule has 1 saturated heterocycles. The highest BCUT2D eigenvalue weighted by Gasteiger charge is 2.27. The van der Waals surface area contributed by atoms with Crippen molar-refractivity contribution >= 4 is 5.91 Å². The average Bonchev–Trinajstić information content (AvgIpc) is 2.79. The van der Waals surface area contributed by atoms with Crippen LogP contribution in [-0.4, -0.2) is 22.5 Å². The van der Waals surface area contributed by atoms with E-state index in [9.17, 15) is 4.79 Å². The Morgan fingerprint density at radius 1 is 1.22 bits per heavy atom. The molecule has 122 valence electrons. The second kappa shape index (κ2) is 6.99. The Kier molecular flexibility index (Phi) is 4.79. The molecule has 2 aromatic rings. The summed E-state index contributed by atoms with van der Waals surface area (Å²) in [4.78, 5) is 15.0.